The van der Waals surface area contributed by atoms with Crippen molar-refractivity contribution in [2.24, 2.45) is 5.73 Å². The molecule has 5 nitrogen and oxygen atoms in total. The highest BCUT2D eigenvalue weighted by molar-refractivity contribution is 7.12. The van der Waals surface area contributed by atoms with Crippen LogP contribution >= 0.6 is 11.3 Å². The minimum atomic E-state index is -0.382. The van der Waals surface area contributed by atoms with E-state index < -0.39 is 0 Å². The summed E-state index contributed by atoms with van der Waals surface area (Å²) in [5.41, 5.74) is 6.42. The van der Waals surface area contributed by atoms with Crippen molar-refractivity contribution in [2.75, 3.05) is 18.6 Å². The third-order valence-corrected chi connectivity index (χ3v) is 3.34. The first-order chi connectivity index (χ1) is 7.61. The van der Waals surface area contributed by atoms with E-state index in [2.05, 4.69) is 4.74 Å². The molecule has 0 bridgehead atoms. The number of thiophene rings is 1. The molecule has 0 radical (unpaired) electrons. The van der Waals surface area contributed by atoms with Gasteiger partial charge >= 0.3 is 5.97 Å². The first-order valence-electron chi connectivity index (χ1n) is 4.84. The molecule has 86 valence electrons. The summed E-state index contributed by atoms with van der Waals surface area (Å²) in [6.45, 7) is 0.510. The number of anilines is 1. The molecule has 1 aliphatic rings. The maximum atomic E-state index is 11.6. The molecule has 1 aromatic rings. The molecule has 2 heterocycles. The van der Waals surface area contributed by atoms with Gasteiger partial charge < -0.3 is 15.4 Å². The molecule has 0 aliphatic carbocycles. The van der Waals surface area contributed by atoms with E-state index in [0.29, 0.717) is 17.8 Å². The van der Waals surface area contributed by atoms with Crippen LogP contribution in [0.25, 0.3) is 0 Å². The fourth-order valence-electron chi connectivity index (χ4n) is 1.66. The standard InChI is InChI=1S/C10H12N2O3S/c1-15-10(14)8-3-7(5-16-8)12-4-6(11)2-9(12)13/h3,5-6H,2,4,11H2,1H3. The maximum absolute atomic E-state index is 11.6. The SMILES string of the molecule is COC(=O)c1cc(N2CC(N)CC2=O)cs1. The van der Waals surface area contributed by atoms with Crippen LogP contribution in [0.2, 0.25) is 0 Å². The molecule has 1 aromatic heterocycles. The van der Waals surface area contributed by atoms with Crippen LogP contribution in [0.4, 0.5) is 5.69 Å². The number of carbonyl (C=O) groups excluding carboxylic acids is 2. The summed E-state index contributed by atoms with van der Waals surface area (Å²) in [7, 11) is 1.33. The number of hydrogen-bond donors (Lipinski definition) is 1. The molecule has 1 amide bonds. The molecular formula is C10H12N2O3S. The molecule has 6 heteroatoms. The lowest BCUT2D eigenvalue weighted by molar-refractivity contribution is -0.117. The van der Waals surface area contributed by atoms with Gasteiger partial charge in [0, 0.05) is 24.4 Å². The summed E-state index contributed by atoms with van der Waals surface area (Å²) >= 11 is 1.26. The van der Waals surface area contributed by atoms with Crippen molar-refractivity contribution in [1.29, 1.82) is 0 Å². The van der Waals surface area contributed by atoms with Gasteiger partial charge in [-0.3, -0.25) is 4.79 Å². The van der Waals surface area contributed by atoms with Gasteiger partial charge in [0.25, 0.3) is 0 Å². The number of amides is 1. The Kier molecular flexibility index (Phi) is 2.93. The smallest absolute Gasteiger partial charge is 0.348 e. The average molecular weight is 240 g/mol. The van der Waals surface area contributed by atoms with Crippen molar-refractivity contribution in [1.82, 2.24) is 0 Å². The van der Waals surface area contributed by atoms with Gasteiger partial charge in [0.05, 0.1) is 12.8 Å². The van der Waals surface area contributed by atoms with Gasteiger partial charge in [-0.05, 0) is 6.07 Å². The van der Waals surface area contributed by atoms with Crippen molar-refractivity contribution >= 4 is 28.9 Å². The van der Waals surface area contributed by atoms with E-state index in [4.69, 9.17) is 5.73 Å². The first kappa shape index (κ1) is 11.1. The summed E-state index contributed by atoms with van der Waals surface area (Å²) in [5, 5.41) is 1.77. The predicted octanol–water partition coefficient (Wildman–Crippen LogP) is 0.599. The second-order valence-electron chi connectivity index (χ2n) is 3.63. The Hall–Kier alpha value is -1.40. The second-order valence-corrected chi connectivity index (χ2v) is 4.54. The Morgan fingerprint density at radius 1 is 1.69 bits per heavy atom. The zero-order chi connectivity index (χ0) is 11.7. The van der Waals surface area contributed by atoms with Crippen LogP contribution in [-0.4, -0.2) is 31.6 Å². The number of rotatable bonds is 2. The minimum absolute atomic E-state index is 0.00159. The van der Waals surface area contributed by atoms with E-state index in [0.717, 1.165) is 5.69 Å². The number of esters is 1. The Morgan fingerprint density at radius 3 is 3.00 bits per heavy atom. The van der Waals surface area contributed by atoms with Crippen molar-refractivity contribution in [3.05, 3.63) is 16.3 Å². The van der Waals surface area contributed by atoms with Gasteiger partial charge in [0.2, 0.25) is 5.91 Å². The van der Waals surface area contributed by atoms with Gasteiger partial charge in [-0.25, -0.2) is 4.79 Å². The summed E-state index contributed by atoms with van der Waals surface area (Å²) in [6.07, 6.45) is 0.364. The van der Waals surface area contributed by atoms with Gasteiger partial charge in [0.1, 0.15) is 4.88 Å². The van der Waals surface area contributed by atoms with Crippen molar-refractivity contribution in [3.8, 4) is 0 Å². The second kappa shape index (κ2) is 4.23. The largest absolute Gasteiger partial charge is 0.465 e. The van der Waals surface area contributed by atoms with Gasteiger partial charge in [-0.2, -0.15) is 0 Å². The van der Waals surface area contributed by atoms with Crippen LogP contribution in [0, 0.1) is 0 Å². The van der Waals surface area contributed by atoms with Crippen molar-refractivity contribution in [2.45, 2.75) is 12.5 Å². The van der Waals surface area contributed by atoms with Gasteiger partial charge in [-0.15, -0.1) is 11.3 Å². The third kappa shape index (κ3) is 1.94. The summed E-state index contributed by atoms with van der Waals surface area (Å²) < 4.78 is 4.60. The van der Waals surface area contributed by atoms with Gasteiger partial charge in [0.15, 0.2) is 0 Å². The molecule has 1 unspecified atom stereocenters. The topological polar surface area (TPSA) is 72.6 Å². The highest BCUT2D eigenvalue weighted by atomic mass is 32.1. The Balaban J connectivity index is 2.19. The molecule has 1 saturated heterocycles. The highest BCUT2D eigenvalue weighted by Gasteiger charge is 2.29. The number of carbonyl (C=O) groups is 2. The lowest BCUT2D eigenvalue weighted by atomic mass is 10.3. The summed E-state index contributed by atoms with van der Waals surface area (Å²) in [4.78, 5) is 24.9. The molecule has 0 saturated carbocycles. The van der Waals surface area contributed by atoms with Crippen LogP contribution < -0.4 is 10.6 Å². The molecule has 2 rings (SSSR count). The van der Waals surface area contributed by atoms with Crippen LogP contribution in [0.5, 0.6) is 0 Å². The Morgan fingerprint density at radius 2 is 2.44 bits per heavy atom. The normalized spacial score (nSPS) is 20.2. The lowest BCUT2D eigenvalue weighted by Gasteiger charge is -2.13. The van der Waals surface area contributed by atoms with Gasteiger partial charge in [-0.1, -0.05) is 0 Å². The highest BCUT2D eigenvalue weighted by Crippen LogP contribution is 2.27. The van der Waals surface area contributed by atoms with Crippen molar-refractivity contribution < 1.29 is 14.3 Å². The van der Waals surface area contributed by atoms with E-state index >= 15 is 0 Å². The van der Waals surface area contributed by atoms with Crippen LogP contribution in [0.15, 0.2) is 11.4 Å². The Labute approximate surface area is 96.8 Å². The fraction of sp³-hybridized carbons (Fsp3) is 0.400. The number of nitrogens with two attached hydrogens (primary N) is 1. The molecule has 0 spiro atoms. The van der Waals surface area contributed by atoms with Crippen LogP contribution in [0.1, 0.15) is 16.1 Å². The monoisotopic (exact) mass is 240 g/mol. The lowest BCUT2D eigenvalue weighted by Crippen LogP contribution is -2.27. The number of ether oxygens (including phenoxy) is 1. The number of nitrogens with zero attached hydrogens (tertiary/aromatic N) is 1. The first-order valence-corrected chi connectivity index (χ1v) is 5.72. The molecule has 16 heavy (non-hydrogen) atoms. The summed E-state index contributed by atoms with van der Waals surface area (Å²) in [6, 6.07) is 1.54. The predicted molar refractivity (Wildman–Crippen MR) is 60.6 cm³/mol. The fourth-order valence-corrected chi connectivity index (χ4v) is 2.47. The minimum Gasteiger partial charge on any atom is -0.465 e. The zero-order valence-corrected chi connectivity index (χ0v) is 9.62. The van der Waals surface area contributed by atoms with E-state index in [1.807, 2.05) is 0 Å². The quantitative estimate of drug-likeness (QED) is 0.768. The number of methoxy groups -OCH3 is 1. The number of hydrogen-bond acceptors (Lipinski definition) is 5. The Bertz CT molecular complexity index is 429. The van der Waals surface area contributed by atoms with Crippen LogP contribution in [-0.2, 0) is 9.53 Å². The third-order valence-electron chi connectivity index (χ3n) is 2.44. The molecule has 1 atom stereocenters. The van der Waals surface area contributed by atoms with E-state index in [1.54, 1.807) is 16.3 Å². The molecule has 0 aromatic carbocycles. The molecule has 1 fully saturated rings. The zero-order valence-electron chi connectivity index (χ0n) is 8.80. The average Bonchev–Trinajstić information content (AvgIpc) is 2.83. The van der Waals surface area contributed by atoms with E-state index in [1.165, 1.54) is 18.4 Å². The van der Waals surface area contributed by atoms with E-state index in [9.17, 15) is 9.59 Å². The molecule has 1 aliphatic heterocycles. The molecule has 2 N–H and O–H groups in total. The maximum Gasteiger partial charge on any atom is 0.348 e. The van der Waals surface area contributed by atoms with Crippen LogP contribution in [0.3, 0.4) is 0 Å². The van der Waals surface area contributed by atoms with Crippen molar-refractivity contribution in [3.63, 3.8) is 0 Å². The van der Waals surface area contributed by atoms with E-state index in [-0.39, 0.29) is 17.9 Å². The molecular weight excluding hydrogens is 228 g/mol. The summed E-state index contributed by atoms with van der Waals surface area (Å²) in [5.74, 6) is -0.381.